The second-order valence-corrected chi connectivity index (χ2v) is 4.92. The number of ether oxygens (including phenoxy) is 1. The molecule has 0 spiro atoms. The van der Waals surface area contributed by atoms with Crippen molar-refractivity contribution >= 4 is 11.4 Å². The number of nitrogens with two attached hydrogens (primary N) is 1. The molecule has 1 unspecified atom stereocenters. The smallest absolute Gasteiger partial charge is 0.0693 e. The molecule has 88 valence electrons. The molecule has 1 aromatic rings. The van der Waals surface area contributed by atoms with Gasteiger partial charge in [0.25, 0.3) is 0 Å². The Labute approximate surface area is 97.0 Å². The van der Waals surface area contributed by atoms with Gasteiger partial charge in [0.05, 0.1) is 12.1 Å². The summed E-state index contributed by atoms with van der Waals surface area (Å²) in [6.07, 6.45) is 2.26. The summed E-state index contributed by atoms with van der Waals surface area (Å²) < 4.78 is 5.53. The van der Waals surface area contributed by atoms with Crippen molar-refractivity contribution in [3.63, 3.8) is 0 Å². The first-order chi connectivity index (χ1) is 7.59. The molecule has 1 fully saturated rings. The molecule has 1 atom stereocenters. The van der Waals surface area contributed by atoms with Gasteiger partial charge in [-0.3, -0.25) is 0 Å². The fourth-order valence-electron chi connectivity index (χ4n) is 2.13. The number of hydrogen-bond acceptors (Lipinski definition) is 3. The van der Waals surface area contributed by atoms with Crippen molar-refractivity contribution in [2.75, 3.05) is 24.3 Å². The van der Waals surface area contributed by atoms with E-state index in [0.29, 0.717) is 0 Å². The molecule has 0 aliphatic carbocycles. The maximum atomic E-state index is 5.80. The summed E-state index contributed by atoms with van der Waals surface area (Å²) in [6.45, 7) is 5.94. The van der Waals surface area contributed by atoms with Crippen LogP contribution < -0.4 is 11.1 Å². The average Bonchev–Trinajstić information content (AvgIpc) is 2.24. The summed E-state index contributed by atoms with van der Waals surface area (Å²) in [5.74, 6) is 0. The van der Waals surface area contributed by atoms with Crippen molar-refractivity contribution < 1.29 is 4.74 Å². The fraction of sp³-hybridized carbons (Fsp3) is 0.538. The van der Waals surface area contributed by atoms with Gasteiger partial charge < -0.3 is 15.8 Å². The van der Waals surface area contributed by atoms with E-state index in [1.165, 1.54) is 5.56 Å². The molecule has 2 rings (SSSR count). The molecule has 3 N–H and O–H groups in total. The monoisotopic (exact) mass is 220 g/mol. The summed E-state index contributed by atoms with van der Waals surface area (Å²) >= 11 is 0. The van der Waals surface area contributed by atoms with Gasteiger partial charge in [0.15, 0.2) is 0 Å². The van der Waals surface area contributed by atoms with E-state index in [2.05, 4.69) is 19.2 Å². The van der Waals surface area contributed by atoms with Crippen LogP contribution in [-0.4, -0.2) is 18.8 Å². The highest BCUT2D eigenvalue weighted by molar-refractivity contribution is 5.60. The summed E-state index contributed by atoms with van der Waals surface area (Å²) in [5, 5.41) is 3.56. The highest BCUT2D eigenvalue weighted by Gasteiger charge is 2.27. The Balaban J connectivity index is 2.15. The molecular weight excluding hydrogens is 200 g/mol. The molecule has 0 aromatic heterocycles. The van der Waals surface area contributed by atoms with Crippen LogP contribution in [0.3, 0.4) is 0 Å². The van der Waals surface area contributed by atoms with Crippen molar-refractivity contribution in [1.82, 2.24) is 0 Å². The quantitative estimate of drug-likeness (QED) is 0.753. The van der Waals surface area contributed by atoms with Crippen molar-refractivity contribution in [1.29, 1.82) is 0 Å². The molecular formula is C13H20N2O. The maximum absolute atomic E-state index is 5.80. The van der Waals surface area contributed by atoms with Crippen molar-refractivity contribution in [2.24, 2.45) is 0 Å². The third-order valence-corrected chi connectivity index (χ3v) is 3.14. The zero-order chi connectivity index (χ0) is 11.6. The Morgan fingerprint density at radius 2 is 2.25 bits per heavy atom. The standard InChI is InChI=1S/C13H20N2O/c1-10-4-5-11(14)8-12(10)15-13(2)6-3-7-16-9-13/h4-5,8,15H,3,6-7,9,14H2,1-2H3. The summed E-state index contributed by atoms with van der Waals surface area (Å²) in [5.41, 5.74) is 8.98. The first kappa shape index (κ1) is 11.3. The SMILES string of the molecule is Cc1ccc(N)cc1NC1(C)CCCOC1. The highest BCUT2D eigenvalue weighted by Crippen LogP contribution is 2.27. The molecule has 16 heavy (non-hydrogen) atoms. The van der Waals surface area contributed by atoms with Crippen LogP contribution in [0.4, 0.5) is 11.4 Å². The molecule has 1 aliphatic rings. The van der Waals surface area contributed by atoms with Gasteiger partial charge in [-0.15, -0.1) is 0 Å². The van der Waals surface area contributed by atoms with E-state index in [9.17, 15) is 0 Å². The number of benzene rings is 1. The predicted molar refractivity (Wildman–Crippen MR) is 67.7 cm³/mol. The Morgan fingerprint density at radius 1 is 1.44 bits per heavy atom. The number of aryl methyl sites for hydroxylation is 1. The van der Waals surface area contributed by atoms with Crippen LogP contribution in [0.1, 0.15) is 25.3 Å². The zero-order valence-corrected chi connectivity index (χ0v) is 10.0. The van der Waals surface area contributed by atoms with E-state index in [1.54, 1.807) is 0 Å². The van der Waals surface area contributed by atoms with E-state index in [0.717, 1.165) is 37.4 Å². The Morgan fingerprint density at radius 3 is 2.94 bits per heavy atom. The molecule has 1 heterocycles. The summed E-state index contributed by atoms with van der Waals surface area (Å²) in [7, 11) is 0. The first-order valence-electron chi connectivity index (χ1n) is 5.81. The normalized spacial score (nSPS) is 25.4. The number of rotatable bonds is 2. The Kier molecular flexibility index (Phi) is 3.06. The number of anilines is 2. The van der Waals surface area contributed by atoms with Crippen molar-refractivity contribution in [3.05, 3.63) is 23.8 Å². The third kappa shape index (κ3) is 2.47. The van der Waals surface area contributed by atoms with Gasteiger partial charge in [0, 0.05) is 18.0 Å². The average molecular weight is 220 g/mol. The van der Waals surface area contributed by atoms with Crippen LogP contribution >= 0.6 is 0 Å². The van der Waals surface area contributed by atoms with Gasteiger partial charge in [0.1, 0.15) is 0 Å². The van der Waals surface area contributed by atoms with Gasteiger partial charge in [-0.2, -0.15) is 0 Å². The molecule has 1 aromatic carbocycles. The molecule has 0 amide bonds. The minimum absolute atomic E-state index is 0.0385. The van der Waals surface area contributed by atoms with Crippen LogP contribution in [0, 0.1) is 6.92 Å². The minimum atomic E-state index is 0.0385. The van der Waals surface area contributed by atoms with Gasteiger partial charge in [-0.1, -0.05) is 6.07 Å². The number of nitrogen functional groups attached to an aromatic ring is 1. The largest absolute Gasteiger partial charge is 0.399 e. The second-order valence-electron chi connectivity index (χ2n) is 4.92. The maximum Gasteiger partial charge on any atom is 0.0693 e. The number of nitrogens with one attached hydrogen (secondary N) is 1. The molecule has 3 nitrogen and oxygen atoms in total. The summed E-state index contributed by atoms with van der Waals surface area (Å²) in [6, 6.07) is 5.97. The van der Waals surface area contributed by atoms with Crippen LogP contribution in [0.5, 0.6) is 0 Å². The lowest BCUT2D eigenvalue weighted by atomic mass is 9.94. The van der Waals surface area contributed by atoms with Gasteiger partial charge in [-0.25, -0.2) is 0 Å². The van der Waals surface area contributed by atoms with E-state index in [-0.39, 0.29) is 5.54 Å². The lowest BCUT2D eigenvalue weighted by Crippen LogP contribution is -2.43. The zero-order valence-electron chi connectivity index (χ0n) is 10.0. The minimum Gasteiger partial charge on any atom is -0.399 e. The molecule has 0 saturated carbocycles. The van der Waals surface area contributed by atoms with Crippen molar-refractivity contribution in [2.45, 2.75) is 32.2 Å². The molecule has 0 bridgehead atoms. The van der Waals surface area contributed by atoms with Crippen LogP contribution in [0.15, 0.2) is 18.2 Å². The van der Waals surface area contributed by atoms with Crippen LogP contribution in [-0.2, 0) is 4.74 Å². The van der Waals surface area contributed by atoms with E-state index < -0.39 is 0 Å². The fourth-order valence-corrected chi connectivity index (χ4v) is 2.13. The van der Waals surface area contributed by atoms with Gasteiger partial charge in [-0.05, 0) is 44.4 Å². The Bertz CT molecular complexity index is 370. The van der Waals surface area contributed by atoms with Gasteiger partial charge in [0.2, 0.25) is 0 Å². The molecule has 0 radical (unpaired) electrons. The Hall–Kier alpha value is -1.22. The molecule has 1 aliphatic heterocycles. The predicted octanol–water partition coefficient (Wildman–Crippen LogP) is 2.56. The highest BCUT2D eigenvalue weighted by atomic mass is 16.5. The lowest BCUT2D eigenvalue weighted by molar-refractivity contribution is 0.0540. The van der Waals surface area contributed by atoms with Crippen LogP contribution in [0.2, 0.25) is 0 Å². The van der Waals surface area contributed by atoms with Crippen LogP contribution in [0.25, 0.3) is 0 Å². The number of hydrogen-bond donors (Lipinski definition) is 2. The van der Waals surface area contributed by atoms with Gasteiger partial charge >= 0.3 is 0 Å². The lowest BCUT2D eigenvalue weighted by Gasteiger charge is -2.35. The van der Waals surface area contributed by atoms with E-state index in [1.807, 2.05) is 18.2 Å². The van der Waals surface area contributed by atoms with E-state index >= 15 is 0 Å². The molecule has 3 heteroatoms. The molecule has 1 saturated heterocycles. The second kappa shape index (κ2) is 4.34. The third-order valence-electron chi connectivity index (χ3n) is 3.14. The van der Waals surface area contributed by atoms with E-state index in [4.69, 9.17) is 10.5 Å². The topological polar surface area (TPSA) is 47.3 Å². The first-order valence-corrected chi connectivity index (χ1v) is 5.81. The van der Waals surface area contributed by atoms with Crippen molar-refractivity contribution in [3.8, 4) is 0 Å². The summed E-state index contributed by atoms with van der Waals surface area (Å²) in [4.78, 5) is 0.